The highest BCUT2D eigenvalue weighted by molar-refractivity contribution is 8.05. The van der Waals surface area contributed by atoms with E-state index in [1.807, 2.05) is 19.1 Å². The molecule has 1 aromatic carbocycles. The van der Waals surface area contributed by atoms with E-state index in [1.54, 1.807) is 24.3 Å². The Morgan fingerprint density at radius 3 is 2.40 bits per heavy atom. The Labute approximate surface area is 153 Å². The second-order valence-electron chi connectivity index (χ2n) is 6.38. The Bertz CT molecular complexity index is 860. The van der Waals surface area contributed by atoms with Crippen molar-refractivity contribution in [2.45, 2.75) is 55.2 Å². The van der Waals surface area contributed by atoms with Crippen molar-refractivity contribution in [3.63, 3.8) is 0 Å². The van der Waals surface area contributed by atoms with Gasteiger partial charge in [0, 0.05) is 5.25 Å². The zero-order chi connectivity index (χ0) is 18.0. The van der Waals surface area contributed by atoms with Crippen LogP contribution >= 0.6 is 11.8 Å². The second-order valence-corrected chi connectivity index (χ2v) is 9.42. The molecule has 1 heterocycles. The Morgan fingerprint density at radius 1 is 1.12 bits per heavy atom. The highest BCUT2D eigenvalue weighted by atomic mass is 32.2. The van der Waals surface area contributed by atoms with Crippen molar-refractivity contribution < 1.29 is 8.42 Å². The summed E-state index contributed by atoms with van der Waals surface area (Å²) < 4.78 is 28.0. The van der Waals surface area contributed by atoms with Crippen molar-refractivity contribution in [3.8, 4) is 12.1 Å². The Kier molecular flexibility index (Phi) is 5.08. The minimum atomic E-state index is -3.80. The summed E-state index contributed by atoms with van der Waals surface area (Å²) in [7, 11) is -3.80. The molecule has 1 aliphatic carbocycles. The fourth-order valence-electron chi connectivity index (χ4n) is 3.41. The van der Waals surface area contributed by atoms with E-state index in [-0.39, 0.29) is 21.8 Å². The average molecular weight is 374 g/mol. The zero-order valence-corrected chi connectivity index (χ0v) is 15.6. The predicted molar refractivity (Wildman–Crippen MR) is 96.7 cm³/mol. The van der Waals surface area contributed by atoms with E-state index < -0.39 is 10.0 Å². The van der Waals surface area contributed by atoms with Crippen molar-refractivity contribution in [1.82, 2.24) is 4.31 Å². The number of sulfonamides is 1. The largest absolute Gasteiger partial charge is 0.265 e. The molecular weight excluding hydrogens is 354 g/mol. The second kappa shape index (κ2) is 7.11. The molecule has 0 radical (unpaired) electrons. The first kappa shape index (κ1) is 17.8. The topological polar surface area (TPSA) is 85.0 Å². The summed E-state index contributed by atoms with van der Waals surface area (Å²) >= 11 is 1.38. The summed E-state index contributed by atoms with van der Waals surface area (Å²) in [5.74, 6) is 0. The highest BCUT2D eigenvalue weighted by Crippen LogP contribution is 2.48. The lowest BCUT2D eigenvalue weighted by atomic mass is 10.1. The smallest absolute Gasteiger partial charge is 0.254 e. The minimum Gasteiger partial charge on any atom is -0.254 e. The van der Waals surface area contributed by atoms with E-state index in [1.165, 1.54) is 16.1 Å². The van der Waals surface area contributed by atoms with Gasteiger partial charge in [0.1, 0.15) is 17.2 Å². The number of rotatable bonds is 2. The van der Waals surface area contributed by atoms with Gasteiger partial charge in [-0.1, -0.05) is 48.7 Å². The van der Waals surface area contributed by atoms with E-state index >= 15 is 0 Å². The van der Waals surface area contributed by atoms with Gasteiger partial charge in [0.2, 0.25) is 0 Å². The van der Waals surface area contributed by atoms with Crippen molar-refractivity contribution in [1.29, 1.82) is 10.5 Å². The molecule has 7 heteroatoms. The van der Waals surface area contributed by atoms with Crippen LogP contribution in [0.15, 0.2) is 39.8 Å². The summed E-state index contributed by atoms with van der Waals surface area (Å²) in [4.78, 5) is 0.205. The van der Waals surface area contributed by atoms with Gasteiger partial charge in [-0.3, -0.25) is 4.31 Å². The first-order chi connectivity index (χ1) is 12.0. The molecule has 2 fully saturated rings. The fraction of sp³-hybridized carbons (Fsp3) is 0.444. The van der Waals surface area contributed by atoms with Crippen LogP contribution in [0.25, 0.3) is 0 Å². The van der Waals surface area contributed by atoms with Gasteiger partial charge >= 0.3 is 0 Å². The standard InChI is InChI=1S/C18H19N3O2S2/c1-13-7-9-15(10-8-13)25(22,23)21-16-5-3-2-4-6-17(16)24-18(21)14(11-19)12-20/h7-10,16-17H,2-6H2,1H3. The number of allylic oxidation sites excluding steroid dienone is 1. The number of fused-ring (bicyclic) bond motifs is 1. The summed E-state index contributed by atoms with van der Waals surface area (Å²) in [6, 6.07) is 10.3. The van der Waals surface area contributed by atoms with Crippen LogP contribution in [0.4, 0.5) is 0 Å². The van der Waals surface area contributed by atoms with Gasteiger partial charge in [0.25, 0.3) is 10.0 Å². The molecule has 0 amide bonds. The molecule has 0 N–H and O–H groups in total. The lowest BCUT2D eigenvalue weighted by Gasteiger charge is -2.27. The lowest BCUT2D eigenvalue weighted by molar-refractivity contribution is 0.380. The molecule has 0 bridgehead atoms. The van der Waals surface area contributed by atoms with Crippen molar-refractivity contribution in [2.24, 2.45) is 0 Å². The maximum atomic E-state index is 13.3. The van der Waals surface area contributed by atoms with E-state index in [2.05, 4.69) is 0 Å². The van der Waals surface area contributed by atoms with Crippen molar-refractivity contribution in [3.05, 3.63) is 40.4 Å². The molecule has 5 nitrogen and oxygen atoms in total. The average Bonchev–Trinajstić information content (AvgIpc) is 2.80. The third-order valence-corrected chi connectivity index (χ3v) is 8.13. The third-order valence-electron chi connectivity index (χ3n) is 4.70. The summed E-state index contributed by atoms with van der Waals surface area (Å²) in [5.41, 5.74) is 0.862. The maximum absolute atomic E-state index is 13.3. The number of aryl methyl sites for hydroxylation is 1. The van der Waals surface area contributed by atoms with Crippen LogP contribution in [0.3, 0.4) is 0 Å². The van der Waals surface area contributed by atoms with Crippen LogP contribution < -0.4 is 0 Å². The summed E-state index contributed by atoms with van der Waals surface area (Å²) in [5, 5.41) is 19.0. The van der Waals surface area contributed by atoms with Gasteiger partial charge in [-0.15, -0.1) is 0 Å². The molecule has 2 atom stereocenters. The van der Waals surface area contributed by atoms with Gasteiger partial charge < -0.3 is 0 Å². The van der Waals surface area contributed by atoms with Crippen molar-refractivity contribution >= 4 is 21.8 Å². The summed E-state index contributed by atoms with van der Waals surface area (Å²) in [6.45, 7) is 1.90. The number of thioether (sulfide) groups is 1. The Morgan fingerprint density at radius 2 is 1.76 bits per heavy atom. The van der Waals surface area contributed by atoms with E-state index in [9.17, 15) is 18.9 Å². The molecule has 1 aromatic rings. The molecule has 1 saturated heterocycles. The lowest BCUT2D eigenvalue weighted by Crippen LogP contribution is -2.38. The Balaban J connectivity index is 2.14. The number of benzene rings is 1. The highest BCUT2D eigenvalue weighted by Gasteiger charge is 2.46. The monoisotopic (exact) mass is 373 g/mol. The summed E-state index contributed by atoms with van der Waals surface area (Å²) in [6.07, 6.45) is 4.77. The maximum Gasteiger partial charge on any atom is 0.265 e. The van der Waals surface area contributed by atoms with Gasteiger partial charge in [0.15, 0.2) is 5.57 Å². The van der Waals surface area contributed by atoms with Crippen LogP contribution in [-0.4, -0.2) is 24.0 Å². The van der Waals surface area contributed by atoms with Crippen molar-refractivity contribution in [2.75, 3.05) is 0 Å². The molecule has 25 heavy (non-hydrogen) atoms. The quantitative estimate of drug-likeness (QED) is 0.738. The minimum absolute atomic E-state index is 0.106. The van der Waals surface area contributed by atoms with Crippen LogP contribution in [0.2, 0.25) is 0 Å². The fourth-order valence-corrected chi connectivity index (χ4v) is 6.97. The van der Waals surface area contributed by atoms with Gasteiger partial charge in [0.05, 0.1) is 10.9 Å². The Hall–Kier alpha value is -1.96. The van der Waals surface area contributed by atoms with E-state index in [4.69, 9.17) is 0 Å². The third kappa shape index (κ3) is 3.27. The predicted octanol–water partition coefficient (Wildman–Crippen LogP) is 3.69. The molecule has 0 aromatic heterocycles. The normalized spacial score (nSPS) is 23.3. The number of nitriles is 2. The van der Waals surface area contributed by atoms with Gasteiger partial charge in [-0.25, -0.2) is 8.42 Å². The molecular formula is C18H19N3O2S2. The molecule has 1 saturated carbocycles. The molecule has 2 aliphatic rings. The first-order valence-corrected chi connectivity index (χ1v) is 10.6. The van der Waals surface area contributed by atoms with Gasteiger partial charge in [-0.05, 0) is 31.9 Å². The number of nitrogens with zero attached hydrogens (tertiary/aromatic N) is 3. The number of hydrogen-bond donors (Lipinski definition) is 0. The van der Waals surface area contributed by atoms with E-state index in [0.29, 0.717) is 5.03 Å². The molecule has 1 aliphatic heterocycles. The van der Waals surface area contributed by atoms with Crippen LogP contribution in [0.5, 0.6) is 0 Å². The molecule has 2 unspecified atom stereocenters. The van der Waals surface area contributed by atoms with E-state index in [0.717, 1.165) is 37.7 Å². The van der Waals surface area contributed by atoms with Crippen LogP contribution in [0, 0.1) is 29.6 Å². The molecule has 0 spiro atoms. The first-order valence-electron chi connectivity index (χ1n) is 8.31. The SMILES string of the molecule is Cc1ccc(S(=O)(=O)N2C(=C(C#N)C#N)SC3CCCCCC32)cc1. The number of hydrogen-bond acceptors (Lipinski definition) is 5. The molecule has 130 valence electrons. The zero-order valence-electron chi connectivity index (χ0n) is 14.0. The van der Waals surface area contributed by atoms with Crippen LogP contribution in [0.1, 0.15) is 37.7 Å². The molecule has 3 rings (SSSR count). The van der Waals surface area contributed by atoms with Gasteiger partial charge in [-0.2, -0.15) is 10.5 Å². The van der Waals surface area contributed by atoms with Crippen LogP contribution in [-0.2, 0) is 10.0 Å².